The Labute approximate surface area is 149 Å². The van der Waals surface area contributed by atoms with Gasteiger partial charge in [-0.25, -0.2) is 18.4 Å². The molecular weight excluding hydrogens is 338 g/mol. The highest BCUT2D eigenvalue weighted by molar-refractivity contribution is 5.48. The summed E-state index contributed by atoms with van der Waals surface area (Å²) in [7, 11) is 0. The van der Waals surface area contributed by atoms with Crippen molar-refractivity contribution in [1.29, 1.82) is 0 Å². The van der Waals surface area contributed by atoms with Crippen molar-refractivity contribution in [2.24, 2.45) is 5.41 Å². The molecule has 1 saturated carbocycles. The largest absolute Gasteiger partial charge is 0.461 e. The molecule has 2 aromatic heterocycles. The van der Waals surface area contributed by atoms with Gasteiger partial charge in [0.1, 0.15) is 5.82 Å². The van der Waals surface area contributed by atoms with E-state index in [9.17, 15) is 8.78 Å². The number of halogens is 2. The van der Waals surface area contributed by atoms with Gasteiger partial charge < -0.3 is 9.73 Å². The second kappa shape index (κ2) is 5.74. The molecule has 134 valence electrons. The molecule has 0 amide bonds. The summed E-state index contributed by atoms with van der Waals surface area (Å²) in [4.78, 5) is 4.71. The summed E-state index contributed by atoms with van der Waals surface area (Å²) >= 11 is 0. The lowest BCUT2D eigenvalue weighted by molar-refractivity contribution is 0.339. The van der Waals surface area contributed by atoms with Crippen LogP contribution in [0.15, 0.2) is 41.0 Å². The van der Waals surface area contributed by atoms with E-state index in [1.165, 1.54) is 6.07 Å². The van der Waals surface area contributed by atoms with Crippen LogP contribution in [-0.2, 0) is 0 Å². The molecule has 1 N–H and O–H groups in total. The summed E-state index contributed by atoms with van der Waals surface area (Å²) < 4.78 is 34.2. The Morgan fingerprint density at radius 1 is 1.15 bits per heavy atom. The van der Waals surface area contributed by atoms with E-state index in [1.807, 2.05) is 0 Å². The van der Waals surface area contributed by atoms with Crippen LogP contribution in [0.4, 0.5) is 8.78 Å². The zero-order valence-corrected chi connectivity index (χ0v) is 14.1. The van der Waals surface area contributed by atoms with Gasteiger partial charge in [0.2, 0.25) is 5.82 Å². The van der Waals surface area contributed by atoms with Crippen molar-refractivity contribution in [3.05, 3.63) is 54.1 Å². The molecule has 1 spiro atoms. The zero-order chi connectivity index (χ0) is 17.7. The van der Waals surface area contributed by atoms with E-state index in [1.54, 1.807) is 23.1 Å². The molecule has 3 heterocycles. The monoisotopic (exact) mass is 356 g/mol. The summed E-state index contributed by atoms with van der Waals surface area (Å²) in [6.45, 7) is 2.00. The van der Waals surface area contributed by atoms with E-state index < -0.39 is 11.6 Å². The molecule has 1 atom stereocenters. The predicted molar refractivity (Wildman–Crippen MR) is 90.9 cm³/mol. The first kappa shape index (κ1) is 15.7. The Morgan fingerprint density at radius 2 is 2.00 bits per heavy atom. The van der Waals surface area contributed by atoms with Gasteiger partial charge >= 0.3 is 0 Å². The fourth-order valence-electron chi connectivity index (χ4n) is 4.06. The third-order valence-corrected chi connectivity index (χ3v) is 5.62. The van der Waals surface area contributed by atoms with E-state index in [4.69, 9.17) is 9.40 Å². The summed E-state index contributed by atoms with van der Waals surface area (Å²) in [5.41, 5.74) is 0.717. The van der Waals surface area contributed by atoms with Crippen LogP contribution in [0.5, 0.6) is 0 Å². The SMILES string of the molecule is Fc1ccc(-n2nc(-c3ccco3)nc2[C@H]2CC23CCNCC3)cc1F. The Kier molecular flexibility index (Phi) is 3.46. The van der Waals surface area contributed by atoms with Gasteiger partial charge in [-0.1, -0.05) is 0 Å². The number of benzene rings is 1. The molecule has 5 rings (SSSR count). The lowest BCUT2D eigenvalue weighted by atomic mass is 9.92. The van der Waals surface area contributed by atoms with Crippen LogP contribution in [0.2, 0.25) is 0 Å². The Bertz CT molecular complexity index is 945. The van der Waals surface area contributed by atoms with Crippen LogP contribution in [0.25, 0.3) is 17.3 Å². The number of hydrogen-bond donors (Lipinski definition) is 1. The van der Waals surface area contributed by atoms with Crippen LogP contribution < -0.4 is 5.32 Å². The molecule has 2 fully saturated rings. The molecule has 5 nitrogen and oxygen atoms in total. The first-order valence-electron chi connectivity index (χ1n) is 8.83. The summed E-state index contributed by atoms with van der Waals surface area (Å²) in [5.74, 6) is 0.329. The van der Waals surface area contributed by atoms with E-state index in [0.717, 1.165) is 50.3 Å². The molecule has 2 aliphatic rings. The van der Waals surface area contributed by atoms with Crippen molar-refractivity contribution in [1.82, 2.24) is 20.1 Å². The standard InChI is InChI=1S/C19H18F2N4O/c20-14-4-3-12(10-15(14)21)25-18(13-11-19(13)5-7-22-8-6-19)23-17(24-25)16-2-1-9-26-16/h1-4,9-10,13,22H,5-8,11H2/t13-/m1/s1. The summed E-state index contributed by atoms with van der Waals surface area (Å²) in [5, 5.41) is 7.93. The number of rotatable bonds is 3. The third-order valence-electron chi connectivity index (χ3n) is 5.62. The highest BCUT2D eigenvalue weighted by Crippen LogP contribution is 2.64. The second-order valence-electron chi connectivity index (χ2n) is 7.15. The lowest BCUT2D eigenvalue weighted by Crippen LogP contribution is -2.29. The number of furan rings is 1. The van der Waals surface area contributed by atoms with Gasteiger partial charge in [0.15, 0.2) is 17.4 Å². The number of aromatic nitrogens is 3. The third kappa shape index (κ3) is 2.46. The van der Waals surface area contributed by atoms with Gasteiger partial charge in [0, 0.05) is 12.0 Å². The fraction of sp³-hybridized carbons (Fsp3) is 0.368. The number of piperidine rings is 1. The first-order chi connectivity index (χ1) is 12.7. The van der Waals surface area contributed by atoms with E-state index >= 15 is 0 Å². The highest BCUT2D eigenvalue weighted by Gasteiger charge is 2.57. The normalized spacial score (nSPS) is 21.2. The van der Waals surface area contributed by atoms with Gasteiger partial charge in [-0.05, 0) is 62.0 Å². The molecule has 0 radical (unpaired) electrons. The molecule has 1 saturated heterocycles. The average molecular weight is 356 g/mol. The average Bonchev–Trinajstić information content (AvgIpc) is 3.07. The summed E-state index contributed by atoms with van der Waals surface area (Å²) in [6.07, 6.45) is 4.81. The van der Waals surface area contributed by atoms with E-state index in [0.29, 0.717) is 17.3 Å². The van der Waals surface area contributed by atoms with Crippen LogP contribution >= 0.6 is 0 Å². The maximum atomic E-state index is 13.8. The fourth-order valence-corrected chi connectivity index (χ4v) is 4.06. The maximum absolute atomic E-state index is 13.8. The molecule has 3 aromatic rings. The van der Waals surface area contributed by atoms with Gasteiger partial charge in [-0.2, -0.15) is 0 Å². The van der Waals surface area contributed by atoms with Gasteiger partial charge in [0.05, 0.1) is 12.0 Å². The van der Waals surface area contributed by atoms with Crippen molar-refractivity contribution in [2.45, 2.75) is 25.2 Å². The van der Waals surface area contributed by atoms with Crippen LogP contribution in [0, 0.1) is 17.0 Å². The molecular formula is C19H18F2N4O. The minimum Gasteiger partial charge on any atom is -0.461 e. The minimum absolute atomic E-state index is 0.245. The van der Waals surface area contributed by atoms with Crippen LogP contribution in [0.3, 0.4) is 0 Å². The quantitative estimate of drug-likeness (QED) is 0.778. The highest BCUT2D eigenvalue weighted by atomic mass is 19.2. The van der Waals surface area contributed by atoms with Crippen molar-refractivity contribution in [3.8, 4) is 17.3 Å². The Hall–Kier alpha value is -2.54. The van der Waals surface area contributed by atoms with Crippen LogP contribution in [0.1, 0.15) is 31.0 Å². The number of nitrogens with zero attached hydrogens (tertiary/aromatic N) is 3. The molecule has 1 aliphatic heterocycles. The molecule has 1 aliphatic carbocycles. The van der Waals surface area contributed by atoms with Crippen molar-refractivity contribution < 1.29 is 13.2 Å². The topological polar surface area (TPSA) is 55.9 Å². The second-order valence-corrected chi connectivity index (χ2v) is 7.15. The van der Waals surface area contributed by atoms with Crippen molar-refractivity contribution in [2.75, 3.05) is 13.1 Å². The molecule has 1 aromatic carbocycles. The molecule has 0 unspecified atom stereocenters. The van der Waals surface area contributed by atoms with Gasteiger partial charge in [-0.3, -0.25) is 0 Å². The minimum atomic E-state index is -0.893. The zero-order valence-electron chi connectivity index (χ0n) is 14.1. The Balaban J connectivity index is 1.59. The number of hydrogen-bond acceptors (Lipinski definition) is 4. The smallest absolute Gasteiger partial charge is 0.217 e. The molecule has 26 heavy (non-hydrogen) atoms. The van der Waals surface area contributed by atoms with E-state index in [-0.39, 0.29) is 11.3 Å². The van der Waals surface area contributed by atoms with Crippen LogP contribution in [-0.4, -0.2) is 27.9 Å². The first-order valence-corrected chi connectivity index (χ1v) is 8.83. The van der Waals surface area contributed by atoms with Gasteiger partial charge in [0.25, 0.3) is 0 Å². The molecule has 0 bridgehead atoms. The Morgan fingerprint density at radius 3 is 2.73 bits per heavy atom. The predicted octanol–water partition coefficient (Wildman–Crippen LogP) is 3.66. The number of nitrogens with one attached hydrogen (secondary N) is 1. The summed E-state index contributed by atoms with van der Waals surface area (Å²) in [6, 6.07) is 7.38. The van der Waals surface area contributed by atoms with Gasteiger partial charge in [-0.15, -0.1) is 5.10 Å². The van der Waals surface area contributed by atoms with E-state index in [2.05, 4.69) is 10.4 Å². The molecule has 7 heteroatoms. The van der Waals surface area contributed by atoms with Crippen molar-refractivity contribution >= 4 is 0 Å². The lowest BCUT2D eigenvalue weighted by Gasteiger charge is -2.23. The van der Waals surface area contributed by atoms with Crippen molar-refractivity contribution in [3.63, 3.8) is 0 Å². The maximum Gasteiger partial charge on any atom is 0.217 e.